The van der Waals surface area contributed by atoms with Crippen molar-refractivity contribution < 1.29 is 19.4 Å². The first kappa shape index (κ1) is 17.9. The molecule has 0 aromatic heterocycles. The molecule has 0 unspecified atom stereocenters. The maximum atomic E-state index is 12.6. The zero-order valence-electron chi connectivity index (χ0n) is 13.8. The Morgan fingerprint density at radius 1 is 1.29 bits per heavy atom. The number of imide groups is 1. The Bertz CT molecular complexity index is 692. The van der Waals surface area contributed by atoms with Crippen molar-refractivity contribution in [1.82, 2.24) is 4.90 Å². The van der Waals surface area contributed by atoms with Gasteiger partial charge in [0.15, 0.2) is 0 Å². The van der Waals surface area contributed by atoms with E-state index in [2.05, 4.69) is 5.32 Å². The summed E-state index contributed by atoms with van der Waals surface area (Å²) >= 11 is 5.23. The molecule has 2 N–H and O–H groups in total. The molecule has 0 saturated carbocycles. The number of carbonyl (C=O) groups is 2. The van der Waals surface area contributed by atoms with E-state index in [9.17, 15) is 14.7 Å². The van der Waals surface area contributed by atoms with Gasteiger partial charge in [-0.15, -0.1) is 0 Å². The number of hydrogen-bond donors (Lipinski definition) is 2. The Morgan fingerprint density at radius 2 is 1.92 bits per heavy atom. The topological polar surface area (TPSA) is 78.9 Å². The molecule has 1 aromatic rings. The number of nitrogens with one attached hydrogen (secondary N) is 1. The second-order valence-corrected chi connectivity index (χ2v) is 6.74. The molecular weight excluding hydrogens is 328 g/mol. The number of ether oxygens (including phenoxy) is 1. The minimum atomic E-state index is -0.750. The lowest BCUT2D eigenvalue weighted by atomic mass is 10.1. The summed E-state index contributed by atoms with van der Waals surface area (Å²) in [6, 6.07) is 9.04. The number of amides is 2. The molecule has 24 heavy (non-hydrogen) atoms. The van der Waals surface area contributed by atoms with Crippen molar-refractivity contribution in [3.63, 3.8) is 0 Å². The highest BCUT2D eigenvalue weighted by molar-refractivity contribution is 7.81. The van der Waals surface area contributed by atoms with Crippen molar-refractivity contribution in [2.24, 2.45) is 0 Å². The molecule has 128 valence electrons. The number of thiocarbonyl (C=S) groups is 1. The SMILES string of the molecule is CC(C)(C)OC(=O)N1CCC(O)=C(C(=S)Nc2ccccc2)C1=O. The third-order valence-corrected chi connectivity index (χ3v) is 3.50. The molecular formula is C17H20N2O4S. The Morgan fingerprint density at radius 3 is 2.50 bits per heavy atom. The molecule has 2 rings (SSSR count). The van der Waals surface area contributed by atoms with Gasteiger partial charge in [0.25, 0.3) is 5.91 Å². The standard InChI is InChI=1S/C17H20N2O4S/c1-17(2,3)23-16(22)19-10-9-12(20)13(15(19)21)14(24)18-11-7-5-4-6-8-11/h4-8,20H,9-10H2,1-3H3,(H,18,24). The second kappa shape index (κ2) is 7.00. The molecule has 1 aliphatic heterocycles. The van der Waals surface area contributed by atoms with E-state index >= 15 is 0 Å². The number of para-hydroxylation sites is 1. The van der Waals surface area contributed by atoms with Crippen molar-refractivity contribution in [2.75, 3.05) is 11.9 Å². The molecule has 2 amide bonds. The van der Waals surface area contributed by atoms with E-state index in [0.717, 1.165) is 4.90 Å². The fraction of sp³-hybridized carbons (Fsp3) is 0.353. The first-order chi connectivity index (χ1) is 11.2. The van der Waals surface area contributed by atoms with Crippen LogP contribution in [0.15, 0.2) is 41.7 Å². The molecule has 1 heterocycles. The normalized spacial score (nSPS) is 15.3. The zero-order chi connectivity index (χ0) is 17.9. The van der Waals surface area contributed by atoms with Gasteiger partial charge in [0.1, 0.15) is 21.9 Å². The van der Waals surface area contributed by atoms with Crippen LogP contribution in [0, 0.1) is 0 Å². The summed E-state index contributed by atoms with van der Waals surface area (Å²) in [5, 5.41) is 13.0. The Kier molecular flexibility index (Phi) is 5.23. The van der Waals surface area contributed by atoms with Gasteiger partial charge in [-0.1, -0.05) is 30.4 Å². The molecule has 0 fully saturated rings. The molecule has 7 heteroatoms. The second-order valence-electron chi connectivity index (χ2n) is 6.33. The van der Waals surface area contributed by atoms with Crippen molar-refractivity contribution in [2.45, 2.75) is 32.8 Å². The van der Waals surface area contributed by atoms with Gasteiger partial charge in [-0.05, 0) is 32.9 Å². The van der Waals surface area contributed by atoms with E-state index in [0.29, 0.717) is 5.69 Å². The minimum Gasteiger partial charge on any atom is -0.511 e. The number of aliphatic hydroxyl groups is 1. The molecule has 0 atom stereocenters. The summed E-state index contributed by atoms with van der Waals surface area (Å²) in [5.41, 5.74) is -0.111. The fourth-order valence-corrected chi connectivity index (χ4v) is 2.46. The smallest absolute Gasteiger partial charge is 0.417 e. The lowest BCUT2D eigenvalue weighted by Gasteiger charge is -2.29. The van der Waals surface area contributed by atoms with Crippen LogP contribution in [0.2, 0.25) is 0 Å². The molecule has 0 bridgehead atoms. The van der Waals surface area contributed by atoms with Crippen LogP contribution in [0.25, 0.3) is 0 Å². The van der Waals surface area contributed by atoms with Gasteiger partial charge in [-0.2, -0.15) is 0 Å². The number of anilines is 1. The molecule has 6 nitrogen and oxygen atoms in total. The maximum Gasteiger partial charge on any atom is 0.417 e. The number of hydrogen-bond acceptors (Lipinski definition) is 5. The Hall–Kier alpha value is -2.41. The summed E-state index contributed by atoms with van der Waals surface area (Å²) < 4.78 is 5.23. The summed E-state index contributed by atoms with van der Waals surface area (Å²) in [7, 11) is 0. The third-order valence-electron chi connectivity index (χ3n) is 3.19. The highest BCUT2D eigenvalue weighted by atomic mass is 32.1. The van der Waals surface area contributed by atoms with Gasteiger partial charge in [-0.25, -0.2) is 9.69 Å². The zero-order valence-corrected chi connectivity index (χ0v) is 14.6. The van der Waals surface area contributed by atoms with E-state index < -0.39 is 17.6 Å². The quantitative estimate of drug-likeness (QED) is 0.798. The number of nitrogens with zero attached hydrogens (tertiary/aromatic N) is 1. The average Bonchev–Trinajstić information content (AvgIpc) is 2.46. The van der Waals surface area contributed by atoms with E-state index in [1.165, 1.54) is 0 Å². The lowest BCUT2D eigenvalue weighted by molar-refractivity contribution is -0.126. The van der Waals surface area contributed by atoms with Crippen molar-refractivity contribution >= 4 is 34.9 Å². The molecule has 0 saturated heterocycles. The van der Waals surface area contributed by atoms with Crippen LogP contribution in [-0.2, 0) is 9.53 Å². The summed E-state index contributed by atoms with van der Waals surface area (Å²) in [5.74, 6) is -0.797. The first-order valence-corrected chi connectivity index (χ1v) is 7.93. The van der Waals surface area contributed by atoms with Crippen LogP contribution >= 0.6 is 12.2 Å². The third kappa shape index (κ3) is 4.32. The molecule has 0 radical (unpaired) electrons. The van der Waals surface area contributed by atoms with Crippen LogP contribution in [0.1, 0.15) is 27.2 Å². The summed E-state index contributed by atoms with van der Waals surface area (Å²) in [6.07, 6.45) is -0.614. The number of aliphatic hydroxyl groups excluding tert-OH is 1. The maximum absolute atomic E-state index is 12.6. The Labute approximate surface area is 146 Å². The first-order valence-electron chi connectivity index (χ1n) is 7.52. The van der Waals surface area contributed by atoms with E-state index in [4.69, 9.17) is 17.0 Å². The average molecular weight is 348 g/mol. The van der Waals surface area contributed by atoms with E-state index in [-0.39, 0.29) is 29.3 Å². The van der Waals surface area contributed by atoms with Crippen LogP contribution in [0.3, 0.4) is 0 Å². The molecule has 1 aromatic carbocycles. The predicted molar refractivity (Wildman–Crippen MR) is 94.9 cm³/mol. The summed E-state index contributed by atoms with van der Waals surface area (Å²) in [4.78, 5) is 25.8. The van der Waals surface area contributed by atoms with Gasteiger partial charge >= 0.3 is 6.09 Å². The van der Waals surface area contributed by atoms with Crippen molar-refractivity contribution in [3.8, 4) is 0 Å². The van der Waals surface area contributed by atoms with Gasteiger partial charge in [0.05, 0.1) is 0 Å². The van der Waals surface area contributed by atoms with Crippen LogP contribution in [-0.4, -0.2) is 39.1 Å². The minimum absolute atomic E-state index is 0.0526. The van der Waals surface area contributed by atoms with Crippen molar-refractivity contribution in [1.29, 1.82) is 0 Å². The van der Waals surface area contributed by atoms with Gasteiger partial charge in [0, 0.05) is 18.7 Å². The van der Waals surface area contributed by atoms with Crippen LogP contribution < -0.4 is 5.32 Å². The van der Waals surface area contributed by atoms with Gasteiger partial charge < -0.3 is 15.2 Å². The largest absolute Gasteiger partial charge is 0.511 e. The number of carbonyl (C=O) groups excluding carboxylic acids is 2. The van der Waals surface area contributed by atoms with Gasteiger partial charge in [0.2, 0.25) is 0 Å². The fourth-order valence-electron chi connectivity index (χ4n) is 2.14. The van der Waals surface area contributed by atoms with E-state index in [1.54, 1.807) is 32.9 Å². The van der Waals surface area contributed by atoms with Crippen LogP contribution in [0.4, 0.5) is 10.5 Å². The number of rotatable bonds is 2. The van der Waals surface area contributed by atoms with Crippen LogP contribution in [0.5, 0.6) is 0 Å². The van der Waals surface area contributed by atoms with Crippen molar-refractivity contribution in [3.05, 3.63) is 41.7 Å². The van der Waals surface area contributed by atoms with E-state index in [1.807, 2.05) is 18.2 Å². The summed E-state index contributed by atoms with van der Waals surface area (Å²) in [6.45, 7) is 5.20. The highest BCUT2D eigenvalue weighted by Gasteiger charge is 2.36. The Balaban J connectivity index is 2.18. The number of benzene rings is 1. The molecule has 1 aliphatic rings. The predicted octanol–water partition coefficient (Wildman–Crippen LogP) is 3.41. The monoisotopic (exact) mass is 348 g/mol. The molecule has 0 aliphatic carbocycles. The molecule has 0 spiro atoms. The van der Waals surface area contributed by atoms with Gasteiger partial charge in [-0.3, -0.25) is 4.79 Å². The highest BCUT2D eigenvalue weighted by Crippen LogP contribution is 2.22. The lowest BCUT2D eigenvalue weighted by Crippen LogP contribution is -2.46.